The van der Waals surface area contributed by atoms with Crippen molar-refractivity contribution >= 4 is 12.2 Å². The average Bonchev–Trinajstić information content (AvgIpc) is 2.97. The fourth-order valence-electron chi connectivity index (χ4n) is 10.3. The van der Waals surface area contributed by atoms with Crippen molar-refractivity contribution in [2.24, 2.45) is 51.2 Å². The van der Waals surface area contributed by atoms with Crippen LogP contribution in [0.4, 0.5) is 9.59 Å². The summed E-state index contributed by atoms with van der Waals surface area (Å²) in [6.45, 7) is 20.2. The third-order valence-electron chi connectivity index (χ3n) is 13.4. The summed E-state index contributed by atoms with van der Waals surface area (Å²) in [5.74, 6) is 4.03. The predicted molar refractivity (Wildman–Crippen MR) is 179 cm³/mol. The van der Waals surface area contributed by atoms with Crippen LogP contribution in [-0.2, 0) is 9.47 Å². The number of alkyl carbamates (subject to hydrolysis) is 2. The van der Waals surface area contributed by atoms with Crippen LogP contribution in [0.3, 0.4) is 0 Å². The van der Waals surface area contributed by atoms with Crippen LogP contribution in [0.1, 0.15) is 152 Å². The van der Waals surface area contributed by atoms with Crippen LogP contribution in [0.5, 0.6) is 0 Å². The summed E-state index contributed by atoms with van der Waals surface area (Å²) < 4.78 is 11.8. The molecule has 44 heavy (non-hydrogen) atoms. The molecule has 4 rings (SSSR count). The zero-order valence-electron chi connectivity index (χ0n) is 29.8. The van der Waals surface area contributed by atoms with Crippen LogP contribution in [0.15, 0.2) is 0 Å². The van der Waals surface area contributed by atoms with Crippen molar-refractivity contribution in [3.8, 4) is 0 Å². The van der Waals surface area contributed by atoms with Crippen LogP contribution >= 0.6 is 0 Å². The number of carbonyl (C=O) groups is 2. The number of ether oxygens (including phenoxy) is 2. The highest BCUT2D eigenvalue weighted by Crippen LogP contribution is 2.64. The highest BCUT2D eigenvalue weighted by molar-refractivity contribution is 5.68. The van der Waals surface area contributed by atoms with E-state index in [2.05, 4.69) is 66.0 Å². The second-order valence-corrected chi connectivity index (χ2v) is 17.7. The Morgan fingerprint density at radius 2 is 1.59 bits per heavy atom. The molecule has 2 amide bonds. The molecular weight excluding hydrogens is 548 g/mol. The van der Waals surface area contributed by atoms with E-state index < -0.39 is 0 Å². The summed E-state index contributed by atoms with van der Waals surface area (Å²) in [6, 6.07) is -0.0227. The molecule has 2 N–H and O–H groups in total. The third-order valence-corrected chi connectivity index (χ3v) is 13.4. The Bertz CT molecular complexity index is 966. The zero-order valence-corrected chi connectivity index (χ0v) is 29.8. The van der Waals surface area contributed by atoms with Gasteiger partial charge < -0.3 is 20.1 Å². The number of fused-ring (bicyclic) bond motifs is 3. The van der Waals surface area contributed by atoms with E-state index in [0.29, 0.717) is 31.1 Å². The van der Waals surface area contributed by atoms with E-state index >= 15 is 0 Å². The zero-order chi connectivity index (χ0) is 32.2. The fraction of sp³-hybridized carbons (Fsp3) is 0.947. The van der Waals surface area contributed by atoms with Gasteiger partial charge in [-0.2, -0.15) is 0 Å². The molecule has 4 saturated carbocycles. The molecule has 4 aliphatic rings. The first-order chi connectivity index (χ1) is 20.7. The lowest BCUT2D eigenvalue weighted by Crippen LogP contribution is -2.56. The van der Waals surface area contributed by atoms with Crippen LogP contribution in [-0.4, -0.2) is 38.0 Å². The van der Waals surface area contributed by atoms with Crippen molar-refractivity contribution in [2.45, 2.75) is 158 Å². The van der Waals surface area contributed by atoms with Crippen molar-refractivity contribution in [1.82, 2.24) is 10.6 Å². The lowest BCUT2D eigenvalue weighted by molar-refractivity contribution is -0.136. The summed E-state index contributed by atoms with van der Waals surface area (Å²) in [5, 5.41) is 6.19. The Labute approximate surface area is 270 Å². The smallest absolute Gasteiger partial charge is 0.407 e. The maximum Gasteiger partial charge on any atom is 0.407 e. The molecule has 0 heterocycles. The molecule has 0 aromatic heterocycles. The van der Waals surface area contributed by atoms with E-state index in [1.807, 2.05) is 0 Å². The van der Waals surface area contributed by atoms with Crippen molar-refractivity contribution in [3.63, 3.8) is 0 Å². The molecule has 0 bridgehead atoms. The Hall–Kier alpha value is -1.46. The highest BCUT2D eigenvalue weighted by Gasteiger charge is 2.57. The Balaban J connectivity index is 1.29. The maximum atomic E-state index is 13.4. The Kier molecular flexibility index (Phi) is 11.7. The number of unbranched alkanes of at least 4 members (excludes halogenated alkanes) is 3. The van der Waals surface area contributed by atoms with E-state index in [1.54, 1.807) is 0 Å². The molecule has 0 radical (unpaired) electrons. The van der Waals surface area contributed by atoms with Gasteiger partial charge in [0, 0.05) is 23.4 Å². The van der Waals surface area contributed by atoms with Gasteiger partial charge in [-0.15, -0.1) is 0 Å². The minimum absolute atomic E-state index is 0.0227. The second kappa shape index (κ2) is 14.5. The van der Waals surface area contributed by atoms with Crippen molar-refractivity contribution in [1.29, 1.82) is 0 Å². The summed E-state index contributed by atoms with van der Waals surface area (Å²) in [6.07, 6.45) is 17.2. The van der Waals surface area contributed by atoms with Gasteiger partial charge in [0.25, 0.3) is 0 Å². The highest BCUT2D eigenvalue weighted by atomic mass is 16.6. The number of rotatable bonds is 11. The number of hydrogen-bond acceptors (Lipinski definition) is 4. The normalized spacial score (nSPS) is 38.2. The summed E-state index contributed by atoms with van der Waals surface area (Å²) in [5.41, 5.74) is 0.198. The number of hydrogen-bond donors (Lipinski definition) is 2. The molecule has 4 aliphatic carbocycles. The van der Waals surface area contributed by atoms with E-state index in [1.165, 1.54) is 57.8 Å². The standard InChI is InChI=1S/C38H68N2O4/c1-9-10-11-12-22-39-33(41)43-25-36(6)21-20-35(4,5)32(24-36)40-34(42)44-26-37(7)18-13-19-38(8)30-16-14-28(27(2)3)23-29(30)15-17-31(37)38/h27-32H,9-26H2,1-8H3,(H,39,41)(H,40,42). The topological polar surface area (TPSA) is 76.7 Å². The molecule has 0 aromatic rings. The first-order valence-corrected chi connectivity index (χ1v) is 18.6. The quantitative estimate of drug-likeness (QED) is 0.227. The molecule has 8 unspecified atom stereocenters. The van der Waals surface area contributed by atoms with E-state index in [4.69, 9.17) is 9.47 Å². The molecule has 0 saturated heterocycles. The van der Waals surface area contributed by atoms with Gasteiger partial charge in [-0.3, -0.25) is 0 Å². The van der Waals surface area contributed by atoms with Crippen molar-refractivity contribution in [3.05, 3.63) is 0 Å². The Morgan fingerprint density at radius 3 is 2.32 bits per heavy atom. The van der Waals surface area contributed by atoms with Crippen LogP contribution in [0, 0.1) is 51.2 Å². The van der Waals surface area contributed by atoms with Gasteiger partial charge >= 0.3 is 12.2 Å². The maximum absolute atomic E-state index is 13.4. The van der Waals surface area contributed by atoms with E-state index in [9.17, 15) is 9.59 Å². The summed E-state index contributed by atoms with van der Waals surface area (Å²) in [7, 11) is 0. The first kappa shape index (κ1) is 35.4. The second-order valence-electron chi connectivity index (χ2n) is 17.7. The SMILES string of the molecule is CCCCCCNC(=O)OCC1(C)CCC(C)(C)C(NC(=O)OCC2(C)CCCC3(C)C4CCC(C(C)C)CC4CCC23)C1. The minimum atomic E-state index is -0.328. The molecule has 4 fully saturated rings. The number of nitrogens with one attached hydrogen (secondary N) is 2. The van der Waals surface area contributed by atoms with Gasteiger partial charge in [0.05, 0.1) is 13.2 Å². The molecule has 0 aliphatic heterocycles. The fourth-order valence-corrected chi connectivity index (χ4v) is 10.3. The van der Waals surface area contributed by atoms with Gasteiger partial charge in [0.1, 0.15) is 0 Å². The van der Waals surface area contributed by atoms with Gasteiger partial charge in [-0.1, -0.05) is 81.1 Å². The lowest BCUT2D eigenvalue weighted by atomic mass is 9.44. The molecule has 6 nitrogen and oxygen atoms in total. The monoisotopic (exact) mass is 617 g/mol. The molecule has 6 heteroatoms. The third kappa shape index (κ3) is 8.27. The van der Waals surface area contributed by atoms with Crippen molar-refractivity contribution < 1.29 is 19.1 Å². The van der Waals surface area contributed by atoms with E-state index in [0.717, 1.165) is 62.2 Å². The van der Waals surface area contributed by atoms with Gasteiger partial charge in [-0.25, -0.2) is 9.59 Å². The summed E-state index contributed by atoms with van der Waals surface area (Å²) in [4.78, 5) is 25.7. The van der Waals surface area contributed by atoms with Crippen LogP contribution in [0.2, 0.25) is 0 Å². The molecule has 254 valence electrons. The Morgan fingerprint density at radius 1 is 0.841 bits per heavy atom. The largest absolute Gasteiger partial charge is 0.449 e. The van der Waals surface area contributed by atoms with E-state index in [-0.39, 0.29) is 34.5 Å². The minimum Gasteiger partial charge on any atom is -0.449 e. The molecular formula is C38H68N2O4. The van der Waals surface area contributed by atoms with Crippen LogP contribution < -0.4 is 10.6 Å². The molecule has 0 aromatic carbocycles. The lowest BCUT2D eigenvalue weighted by Gasteiger charge is -2.61. The van der Waals surface area contributed by atoms with Crippen LogP contribution in [0.25, 0.3) is 0 Å². The van der Waals surface area contributed by atoms with Gasteiger partial charge in [-0.05, 0) is 111 Å². The number of amides is 2. The number of carbonyl (C=O) groups excluding carboxylic acids is 2. The van der Waals surface area contributed by atoms with Gasteiger partial charge in [0.2, 0.25) is 0 Å². The first-order valence-electron chi connectivity index (χ1n) is 18.6. The summed E-state index contributed by atoms with van der Waals surface area (Å²) >= 11 is 0. The predicted octanol–water partition coefficient (Wildman–Crippen LogP) is 9.90. The molecule has 0 spiro atoms. The van der Waals surface area contributed by atoms with Gasteiger partial charge in [0.15, 0.2) is 0 Å². The van der Waals surface area contributed by atoms with Crippen molar-refractivity contribution in [2.75, 3.05) is 19.8 Å². The average molecular weight is 617 g/mol. The molecule has 8 atom stereocenters.